The van der Waals surface area contributed by atoms with Gasteiger partial charge in [-0.15, -0.1) is 24.0 Å². The highest BCUT2D eigenvalue weighted by atomic mass is 127. The molecule has 0 atom stereocenters. The monoisotopic (exact) mass is 522 g/mol. The lowest BCUT2D eigenvalue weighted by Gasteiger charge is -2.11. The number of anilines is 2. The molecular weight excluding hydrogens is 506 g/mol. The van der Waals surface area contributed by atoms with Crippen LogP contribution in [0.5, 0.6) is 0 Å². The maximum Gasteiger partial charge on any atom is 0.272 e. The molecule has 3 aromatic carbocycles. The van der Waals surface area contributed by atoms with Crippen LogP contribution in [0.4, 0.5) is 15.8 Å². The molecule has 148 valence electrons. The van der Waals surface area contributed by atoms with Crippen LogP contribution in [0.1, 0.15) is 11.3 Å². The van der Waals surface area contributed by atoms with E-state index < -0.39 is 5.82 Å². The molecule has 0 bridgehead atoms. The zero-order valence-corrected chi connectivity index (χ0v) is 18.2. The lowest BCUT2D eigenvalue weighted by atomic mass is 9.98. The van der Waals surface area contributed by atoms with Crippen molar-refractivity contribution in [3.63, 3.8) is 0 Å². The molecule has 0 unspecified atom stereocenters. The van der Waals surface area contributed by atoms with Gasteiger partial charge in [0.2, 0.25) is 0 Å². The van der Waals surface area contributed by atoms with Gasteiger partial charge in [-0.2, -0.15) is 5.10 Å². The third-order valence-electron chi connectivity index (χ3n) is 4.65. The molecule has 8 heteroatoms. The standard InChI is InChI=1S/C21H16ClFN4O.HI/c22-16-9-12(10-18(24)20(16)25)15-7-11(5-6-17(15)23)8-19-13-3-1-2-4-14(13)21(28)27-26-19;/h1-7,9-10H,8,24-25H2,(H,27,28);1H. The van der Waals surface area contributed by atoms with Crippen LogP contribution in [0, 0.1) is 5.82 Å². The second-order valence-electron chi connectivity index (χ2n) is 6.50. The molecule has 4 aromatic rings. The molecule has 29 heavy (non-hydrogen) atoms. The van der Waals surface area contributed by atoms with Crippen molar-refractivity contribution < 1.29 is 4.39 Å². The van der Waals surface area contributed by atoms with E-state index in [0.717, 1.165) is 10.9 Å². The first-order valence-electron chi connectivity index (χ1n) is 8.53. The summed E-state index contributed by atoms with van der Waals surface area (Å²) in [7, 11) is 0. The summed E-state index contributed by atoms with van der Waals surface area (Å²) < 4.78 is 14.5. The molecule has 0 aliphatic heterocycles. The van der Waals surface area contributed by atoms with Crippen LogP contribution in [0.2, 0.25) is 5.02 Å². The summed E-state index contributed by atoms with van der Waals surface area (Å²) >= 11 is 6.10. The first-order chi connectivity index (χ1) is 13.4. The van der Waals surface area contributed by atoms with E-state index in [0.29, 0.717) is 34.3 Å². The van der Waals surface area contributed by atoms with E-state index in [4.69, 9.17) is 23.1 Å². The second-order valence-corrected chi connectivity index (χ2v) is 6.90. The van der Waals surface area contributed by atoms with Crippen molar-refractivity contribution in [3.8, 4) is 11.1 Å². The lowest BCUT2D eigenvalue weighted by molar-refractivity contribution is 0.630. The summed E-state index contributed by atoms with van der Waals surface area (Å²) in [6.45, 7) is 0. The first-order valence-corrected chi connectivity index (χ1v) is 8.91. The van der Waals surface area contributed by atoms with Crippen LogP contribution in [0.15, 0.2) is 59.4 Å². The number of fused-ring (bicyclic) bond motifs is 1. The Balaban J connectivity index is 0.00000240. The summed E-state index contributed by atoms with van der Waals surface area (Å²) in [5.41, 5.74) is 14.4. The zero-order valence-electron chi connectivity index (χ0n) is 15.1. The van der Waals surface area contributed by atoms with E-state index in [1.165, 1.54) is 6.07 Å². The number of aromatic nitrogens is 2. The van der Waals surface area contributed by atoms with E-state index in [1.54, 1.807) is 36.4 Å². The minimum atomic E-state index is -0.400. The molecule has 0 amide bonds. The minimum Gasteiger partial charge on any atom is -0.397 e. The van der Waals surface area contributed by atoms with Gasteiger partial charge in [0, 0.05) is 17.4 Å². The maximum atomic E-state index is 14.5. The quantitative estimate of drug-likeness (QED) is 0.267. The summed E-state index contributed by atoms with van der Waals surface area (Å²) in [6, 6.07) is 15.2. The maximum absolute atomic E-state index is 14.5. The third-order valence-corrected chi connectivity index (χ3v) is 4.96. The van der Waals surface area contributed by atoms with Crippen LogP contribution in [0.3, 0.4) is 0 Å². The minimum absolute atomic E-state index is 0. The predicted octanol–water partition coefficient (Wildman–Crippen LogP) is 4.76. The number of hydrogen-bond donors (Lipinski definition) is 3. The van der Waals surface area contributed by atoms with Crippen LogP contribution in [-0.2, 0) is 6.42 Å². The van der Waals surface area contributed by atoms with Crippen LogP contribution < -0.4 is 17.0 Å². The van der Waals surface area contributed by atoms with Gasteiger partial charge in [-0.1, -0.05) is 35.9 Å². The second kappa shape index (κ2) is 8.38. The number of nitrogens with one attached hydrogen (secondary N) is 1. The van der Waals surface area contributed by atoms with E-state index in [9.17, 15) is 9.18 Å². The Labute approximate surface area is 187 Å². The Morgan fingerprint density at radius 2 is 1.76 bits per heavy atom. The Bertz CT molecular complexity index is 1250. The number of nitrogen functional groups attached to an aromatic ring is 2. The molecule has 0 radical (unpaired) electrons. The molecule has 0 spiro atoms. The smallest absolute Gasteiger partial charge is 0.272 e. The van der Waals surface area contributed by atoms with Gasteiger partial charge >= 0.3 is 0 Å². The van der Waals surface area contributed by atoms with Crippen molar-refractivity contribution in [2.75, 3.05) is 11.5 Å². The number of rotatable bonds is 3. The van der Waals surface area contributed by atoms with Crippen molar-refractivity contribution in [1.82, 2.24) is 10.2 Å². The summed E-state index contributed by atoms with van der Waals surface area (Å²) in [6.07, 6.45) is 0.419. The molecule has 0 aliphatic rings. The zero-order chi connectivity index (χ0) is 19.8. The fourth-order valence-corrected chi connectivity index (χ4v) is 3.42. The molecule has 0 aliphatic carbocycles. The highest BCUT2D eigenvalue weighted by molar-refractivity contribution is 14.0. The number of aromatic amines is 1. The van der Waals surface area contributed by atoms with E-state index in [-0.39, 0.29) is 40.2 Å². The first kappa shape index (κ1) is 21.1. The van der Waals surface area contributed by atoms with Crippen LogP contribution >= 0.6 is 35.6 Å². The molecular formula is C21H17ClFIN4O. The number of H-pyrrole nitrogens is 1. The molecule has 1 aromatic heterocycles. The Hall–Kier alpha value is -2.65. The molecule has 5 N–H and O–H groups in total. The van der Waals surface area contributed by atoms with Gasteiger partial charge in [0.25, 0.3) is 5.56 Å². The summed E-state index contributed by atoms with van der Waals surface area (Å²) in [5.74, 6) is -0.400. The van der Waals surface area contributed by atoms with Gasteiger partial charge in [-0.25, -0.2) is 9.49 Å². The van der Waals surface area contributed by atoms with E-state index >= 15 is 0 Å². The number of halogens is 3. The number of hydrogen-bond acceptors (Lipinski definition) is 4. The van der Waals surface area contributed by atoms with Gasteiger partial charge in [0.1, 0.15) is 5.82 Å². The molecule has 1 heterocycles. The largest absolute Gasteiger partial charge is 0.397 e. The van der Waals surface area contributed by atoms with Gasteiger partial charge in [0.15, 0.2) is 0 Å². The fourth-order valence-electron chi connectivity index (χ4n) is 3.20. The third kappa shape index (κ3) is 4.06. The lowest BCUT2D eigenvalue weighted by Crippen LogP contribution is -2.11. The molecule has 4 rings (SSSR count). The molecule has 5 nitrogen and oxygen atoms in total. The highest BCUT2D eigenvalue weighted by Crippen LogP contribution is 2.34. The van der Waals surface area contributed by atoms with Crippen molar-refractivity contribution in [2.24, 2.45) is 0 Å². The number of nitrogens with two attached hydrogens (primary N) is 2. The van der Waals surface area contributed by atoms with Crippen molar-refractivity contribution in [2.45, 2.75) is 6.42 Å². The fraction of sp³-hybridized carbons (Fsp3) is 0.0476. The Kier molecular flexibility index (Phi) is 6.09. The normalized spacial score (nSPS) is 10.7. The van der Waals surface area contributed by atoms with Crippen LogP contribution in [0.25, 0.3) is 21.9 Å². The van der Waals surface area contributed by atoms with E-state index in [1.807, 2.05) is 12.1 Å². The van der Waals surface area contributed by atoms with Gasteiger partial charge in [-0.3, -0.25) is 4.79 Å². The van der Waals surface area contributed by atoms with Gasteiger partial charge in [-0.05, 0) is 41.5 Å². The predicted molar refractivity (Wildman–Crippen MR) is 126 cm³/mol. The highest BCUT2D eigenvalue weighted by Gasteiger charge is 2.13. The Morgan fingerprint density at radius 3 is 2.48 bits per heavy atom. The number of benzene rings is 3. The molecule has 0 fully saturated rings. The Morgan fingerprint density at radius 1 is 1.03 bits per heavy atom. The van der Waals surface area contributed by atoms with Crippen molar-refractivity contribution >= 4 is 57.7 Å². The van der Waals surface area contributed by atoms with Crippen molar-refractivity contribution in [1.29, 1.82) is 0 Å². The molecule has 0 saturated heterocycles. The topological polar surface area (TPSA) is 97.8 Å². The van der Waals surface area contributed by atoms with Gasteiger partial charge in [0.05, 0.1) is 27.5 Å². The average Bonchev–Trinajstić information content (AvgIpc) is 2.69. The van der Waals surface area contributed by atoms with Crippen molar-refractivity contribution in [3.05, 3.63) is 87.0 Å². The summed E-state index contributed by atoms with van der Waals surface area (Å²) in [5, 5.41) is 8.29. The van der Waals surface area contributed by atoms with E-state index in [2.05, 4.69) is 10.2 Å². The van der Waals surface area contributed by atoms with Crippen LogP contribution in [-0.4, -0.2) is 10.2 Å². The average molecular weight is 523 g/mol. The number of nitrogens with zero attached hydrogens (tertiary/aromatic N) is 1. The summed E-state index contributed by atoms with van der Waals surface area (Å²) in [4.78, 5) is 12.0. The molecule has 0 saturated carbocycles. The van der Waals surface area contributed by atoms with Gasteiger partial charge < -0.3 is 11.5 Å². The SMILES string of the molecule is I.Nc1cc(-c2cc(Cc3n[nH]c(=O)c4ccccc34)ccc2F)cc(Cl)c1N.